The van der Waals surface area contributed by atoms with Gasteiger partial charge in [-0.15, -0.1) is 0 Å². The van der Waals surface area contributed by atoms with Crippen LogP contribution in [0.25, 0.3) is 0 Å². The molecular weight excluding hydrogens is 220 g/mol. The van der Waals surface area contributed by atoms with Crippen molar-refractivity contribution in [1.82, 2.24) is 0 Å². The number of carboxylic acids is 2. The Balaban J connectivity index is 1.95. The first-order chi connectivity index (χ1) is 8.00. The summed E-state index contributed by atoms with van der Waals surface area (Å²) in [6, 6.07) is 0. The van der Waals surface area contributed by atoms with E-state index in [0.29, 0.717) is 17.8 Å². The van der Waals surface area contributed by atoms with Crippen molar-refractivity contribution in [1.29, 1.82) is 0 Å². The summed E-state index contributed by atoms with van der Waals surface area (Å²) >= 11 is 0. The minimum atomic E-state index is -1.18. The van der Waals surface area contributed by atoms with Crippen molar-refractivity contribution in [3.8, 4) is 0 Å². The molecule has 4 rings (SSSR count). The topological polar surface area (TPSA) is 74.6 Å². The van der Waals surface area contributed by atoms with Crippen molar-refractivity contribution in [3.05, 3.63) is 0 Å². The molecule has 0 radical (unpaired) electrons. The van der Waals surface area contributed by atoms with Crippen LogP contribution in [0.1, 0.15) is 38.5 Å². The fraction of sp³-hybridized carbons (Fsp3) is 0.846. The first kappa shape index (κ1) is 11.1. The van der Waals surface area contributed by atoms with Crippen molar-refractivity contribution < 1.29 is 19.8 Å². The average Bonchev–Trinajstić information content (AvgIpc) is 2.11. The van der Waals surface area contributed by atoms with Crippen LogP contribution < -0.4 is 0 Å². The molecule has 17 heavy (non-hydrogen) atoms. The van der Waals surface area contributed by atoms with Crippen molar-refractivity contribution >= 4 is 11.9 Å². The summed E-state index contributed by atoms with van der Waals surface area (Å²) < 4.78 is 0. The monoisotopic (exact) mass is 238 g/mol. The fourth-order valence-corrected chi connectivity index (χ4v) is 5.16. The van der Waals surface area contributed by atoms with E-state index in [1.807, 2.05) is 0 Å². The maximum Gasteiger partial charge on any atom is 0.318 e. The van der Waals surface area contributed by atoms with E-state index in [0.717, 1.165) is 19.3 Å². The van der Waals surface area contributed by atoms with E-state index in [9.17, 15) is 19.8 Å². The van der Waals surface area contributed by atoms with Gasteiger partial charge in [-0.05, 0) is 61.7 Å². The van der Waals surface area contributed by atoms with E-state index in [1.165, 1.54) is 19.3 Å². The van der Waals surface area contributed by atoms with Crippen molar-refractivity contribution in [2.24, 2.45) is 29.1 Å². The zero-order chi connectivity index (χ0) is 12.2. The molecule has 4 bridgehead atoms. The van der Waals surface area contributed by atoms with Gasteiger partial charge in [0, 0.05) is 0 Å². The molecule has 0 spiro atoms. The second-order valence-electron chi connectivity index (χ2n) is 6.39. The lowest BCUT2D eigenvalue weighted by Crippen LogP contribution is -2.53. The van der Waals surface area contributed by atoms with Crippen LogP contribution in [0.5, 0.6) is 0 Å². The van der Waals surface area contributed by atoms with Crippen LogP contribution >= 0.6 is 0 Å². The SMILES string of the molecule is O=C(O)C(C(=O)O)C12CC3CC(CC(C3)C1)C2. The zero-order valence-electron chi connectivity index (χ0n) is 9.76. The molecule has 0 aliphatic heterocycles. The largest absolute Gasteiger partial charge is 0.481 e. The Labute approximate surface area is 100 Å². The number of hydrogen-bond acceptors (Lipinski definition) is 2. The number of carbonyl (C=O) groups is 2. The van der Waals surface area contributed by atoms with Gasteiger partial charge in [-0.3, -0.25) is 9.59 Å². The number of rotatable bonds is 3. The van der Waals surface area contributed by atoms with Crippen molar-refractivity contribution in [3.63, 3.8) is 0 Å². The first-order valence-electron chi connectivity index (χ1n) is 6.46. The maximum absolute atomic E-state index is 11.3. The Morgan fingerprint density at radius 1 is 0.882 bits per heavy atom. The van der Waals surface area contributed by atoms with Gasteiger partial charge in [0.05, 0.1) is 0 Å². The molecule has 4 aliphatic carbocycles. The third-order valence-corrected chi connectivity index (χ3v) is 5.19. The summed E-state index contributed by atoms with van der Waals surface area (Å²) in [6.45, 7) is 0. The van der Waals surface area contributed by atoms with E-state index >= 15 is 0 Å². The van der Waals surface area contributed by atoms with E-state index in [1.54, 1.807) is 0 Å². The lowest BCUT2D eigenvalue weighted by atomic mass is 9.46. The molecule has 0 atom stereocenters. The van der Waals surface area contributed by atoms with Crippen LogP contribution in [0, 0.1) is 29.1 Å². The minimum Gasteiger partial charge on any atom is -0.481 e. The summed E-state index contributed by atoms with van der Waals surface area (Å²) in [5.41, 5.74) is -0.438. The molecular formula is C13H18O4. The second kappa shape index (κ2) is 3.47. The highest BCUT2D eigenvalue weighted by Crippen LogP contribution is 2.62. The summed E-state index contributed by atoms with van der Waals surface area (Å²) in [6.07, 6.45) is 6.06. The third-order valence-electron chi connectivity index (χ3n) is 5.19. The second-order valence-corrected chi connectivity index (χ2v) is 6.39. The summed E-state index contributed by atoms with van der Waals surface area (Å²) in [5.74, 6) is -1.71. The van der Waals surface area contributed by atoms with Gasteiger partial charge in [-0.2, -0.15) is 0 Å². The van der Waals surface area contributed by atoms with Gasteiger partial charge in [0.2, 0.25) is 0 Å². The van der Waals surface area contributed by atoms with Crippen molar-refractivity contribution in [2.45, 2.75) is 38.5 Å². The average molecular weight is 238 g/mol. The zero-order valence-corrected chi connectivity index (χ0v) is 9.76. The van der Waals surface area contributed by atoms with Gasteiger partial charge in [0.15, 0.2) is 5.92 Å². The number of aliphatic carboxylic acids is 2. The highest BCUT2D eigenvalue weighted by Gasteiger charge is 2.58. The summed E-state index contributed by atoms with van der Waals surface area (Å²) in [4.78, 5) is 22.6. The molecule has 0 unspecified atom stereocenters. The van der Waals surface area contributed by atoms with Gasteiger partial charge in [0.1, 0.15) is 0 Å². The molecule has 0 aromatic carbocycles. The molecule has 94 valence electrons. The van der Waals surface area contributed by atoms with Crippen LogP contribution in [0.4, 0.5) is 0 Å². The molecule has 0 saturated heterocycles. The van der Waals surface area contributed by atoms with E-state index in [2.05, 4.69) is 0 Å². The van der Waals surface area contributed by atoms with Gasteiger partial charge >= 0.3 is 11.9 Å². The number of hydrogen-bond donors (Lipinski definition) is 2. The molecule has 4 nitrogen and oxygen atoms in total. The van der Waals surface area contributed by atoms with E-state index in [4.69, 9.17) is 0 Å². The predicted molar refractivity (Wildman–Crippen MR) is 59.4 cm³/mol. The number of carboxylic acid groups (broad SMARTS) is 2. The molecule has 4 saturated carbocycles. The Kier molecular flexibility index (Phi) is 2.25. The van der Waals surface area contributed by atoms with Gasteiger partial charge in [-0.25, -0.2) is 0 Å². The van der Waals surface area contributed by atoms with Gasteiger partial charge in [-0.1, -0.05) is 0 Å². The highest BCUT2D eigenvalue weighted by atomic mass is 16.4. The van der Waals surface area contributed by atoms with Gasteiger partial charge < -0.3 is 10.2 Å². The molecule has 4 fully saturated rings. The first-order valence-corrected chi connectivity index (χ1v) is 6.46. The minimum absolute atomic E-state index is 0.438. The molecule has 2 N–H and O–H groups in total. The smallest absolute Gasteiger partial charge is 0.318 e. The summed E-state index contributed by atoms with van der Waals surface area (Å²) in [7, 11) is 0. The Morgan fingerprint density at radius 3 is 1.53 bits per heavy atom. The normalized spacial score (nSPS) is 43.0. The Hall–Kier alpha value is -1.06. The highest BCUT2D eigenvalue weighted by molar-refractivity contribution is 5.94. The standard InChI is InChI=1S/C13H18O4/c14-11(15)10(12(16)17)13-4-7-1-8(5-13)3-9(2-7)6-13/h7-10H,1-6H2,(H,14,15)(H,16,17). The lowest BCUT2D eigenvalue weighted by molar-refractivity contribution is -0.172. The molecule has 0 heterocycles. The molecule has 0 aromatic rings. The fourth-order valence-electron chi connectivity index (χ4n) is 5.16. The van der Waals surface area contributed by atoms with Gasteiger partial charge in [0.25, 0.3) is 0 Å². The Bertz CT molecular complexity index is 324. The molecule has 0 aromatic heterocycles. The van der Waals surface area contributed by atoms with Crippen LogP contribution in [0.2, 0.25) is 0 Å². The van der Waals surface area contributed by atoms with Crippen LogP contribution in [-0.4, -0.2) is 22.2 Å². The third kappa shape index (κ3) is 1.57. The Morgan fingerprint density at radius 2 is 1.24 bits per heavy atom. The maximum atomic E-state index is 11.3. The molecule has 0 amide bonds. The predicted octanol–water partition coefficient (Wildman–Crippen LogP) is 1.99. The quantitative estimate of drug-likeness (QED) is 0.737. The lowest BCUT2D eigenvalue weighted by Gasteiger charge is -2.57. The van der Waals surface area contributed by atoms with Crippen LogP contribution in [0.3, 0.4) is 0 Å². The van der Waals surface area contributed by atoms with E-state index < -0.39 is 23.3 Å². The molecule has 4 heteroatoms. The van der Waals surface area contributed by atoms with Crippen LogP contribution in [0.15, 0.2) is 0 Å². The molecule has 4 aliphatic rings. The van der Waals surface area contributed by atoms with E-state index in [-0.39, 0.29) is 0 Å². The summed E-state index contributed by atoms with van der Waals surface area (Å²) in [5, 5.41) is 18.4. The van der Waals surface area contributed by atoms with Crippen LogP contribution in [-0.2, 0) is 9.59 Å². The van der Waals surface area contributed by atoms with Crippen molar-refractivity contribution in [2.75, 3.05) is 0 Å².